The standard InChI is InChI=1S/C15H24BrN3O6Si/c1-15(2,3)26(4,5)25-9-10(18-14(20)21)8-24-13-12(16)6-11(7-17-13)19(22)23/h6-7,10,18H,8-9H2,1-5H3,(H,20,21)/t10-/m1/s1. The van der Waals surface area contributed by atoms with E-state index in [1.807, 2.05) is 0 Å². The van der Waals surface area contributed by atoms with Gasteiger partial charge in [-0.05, 0) is 34.1 Å². The van der Waals surface area contributed by atoms with E-state index in [1.165, 1.54) is 6.07 Å². The first-order valence-corrected chi connectivity index (χ1v) is 11.6. The van der Waals surface area contributed by atoms with Crippen molar-refractivity contribution >= 4 is 36.0 Å². The predicted molar refractivity (Wildman–Crippen MR) is 102 cm³/mol. The summed E-state index contributed by atoms with van der Waals surface area (Å²) in [7, 11) is -2.05. The molecule has 0 spiro atoms. The van der Waals surface area contributed by atoms with Gasteiger partial charge in [-0.1, -0.05) is 20.8 Å². The Labute approximate surface area is 161 Å². The van der Waals surface area contributed by atoms with E-state index in [-0.39, 0.29) is 29.8 Å². The van der Waals surface area contributed by atoms with E-state index in [9.17, 15) is 14.9 Å². The molecule has 0 unspecified atom stereocenters. The van der Waals surface area contributed by atoms with E-state index in [4.69, 9.17) is 14.3 Å². The summed E-state index contributed by atoms with van der Waals surface area (Å²) in [5.74, 6) is 0.139. The zero-order chi connectivity index (χ0) is 20.1. The Morgan fingerprint density at radius 3 is 2.54 bits per heavy atom. The van der Waals surface area contributed by atoms with Gasteiger partial charge >= 0.3 is 6.09 Å². The highest BCUT2D eigenvalue weighted by molar-refractivity contribution is 9.10. The summed E-state index contributed by atoms with van der Waals surface area (Å²) in [6.07, 6.45) is -0.112. The maximum atomic E-state index is 11.0. The van der Waals surface area contributed by atoms with E-state index < -0.39 is 25.4 Å². The van der Waals surface area contributed by atoms with Crippen LogP contribution < -0.4 is 10.1 Å². The lowest BCUT2D eigenvalue weighted by atomic mass is 10.2. The number of nitro groups is 1. The highest BCUT2D eigenvalue weighted by atomic mass is 79.9. The molecule has 0 fully saturated rings. The summed E-state index contributed by atoms with van der Waals surface area (Å²) >= 11 is 3.16. The van der Waals surface area contributed by atoms with Gasteiger partial charge in [-0.15, -0.1) is 0 Å². The average molecular weight is 450 g/mol. The van der Waals surface area contributed by atoms with Crippen LogP contribution in [-0.4, -0.2) is 48.7 Å². The van der Waals surface area contributed by atoms with E-state index in [0.717, 1.165) is 6.20 Å². The van der Waals surface area contributed by atoms with Crippen molar-refractivity contribution in [2.45, 2.75) is 44.9 Å². The van der Waals surface area contributed by atoms with Gasteiger partial charge in [-0.2, -0.15) is 0 Å². The van der Waals surface area contributed by atoms with Gasteiger partial charge in [0.15, 0.2) is 8.32 Å². The molecular formula is C15H24BrN3O6Si. The number of hydrogen-bond acceptors (Lipinski definition) is 6. The number of nitrogens with zero attached hydrogens (tertiary/aromatic N) is 2. The first-order chi connectivity index (χ1) is 11.8. The number of carbonyl (C=O) groups is 1. The second-order valence-corrected chi connectivity index (χ2v) is 12.9. The second-order valence-electron chi connectivity index (χ2n) is 7.27. The Morgan fingerprint density at radius 1 is 1.46 bits per heavy atom. The van der Waals surface area contributed by atoms with E-state index >= 15 is 0 Å². The third-order valence-electron chi connectivity index (χ3n) is 4.20. The molecule has 1 heterocycles. The monoisotopic (exact) mass is 449 g/mol. The van der Waals surface area contributed by atoms with Crippen LogP contribution in [0.1, 0.15) is 20.8 Å². The zero-order valence-electron chi connectivity index (χ0n) is 15.4. The second kappa shape index (κ2) is 8.78. The van der Waals surface area contributed by atoms with Crippen molar-refractivity contribution in [3.05, 3.63) is 26.9 Å². The number of ether oxygens (including phenoxy) is 1. The number of nitrogens with one attached hydrogen (secondary N) is 1. The molecule has 0 radical (unpaired) electrons. The van der Waals surface area contributed by atoms with Crippen molar-refractivity contribution in [1.82, 2.24) is 10.3 Å². The van der Waals surface area contributed by atoms with Gasteiger partial charge in [0.25, 0.3) is 5.69 Å². The summed E-state index contributed by atoms with van der Waals surface area (Å²) in [5.41, 5.74) is -0.175. The minimum absolute atomic E-state index is 0.00935. The van der Waals surface area contributed by atoms with Crippen LogP contribution in [-0.2, 0) is 4.43 Å². The molecule has 1 aromatic rings. The third-order valence-corrected chi connectivity index (χ3v) is 9.27. The lowest BCUT2D eigenvalue weighted by Crippen LogP contribution is -2.48. The first-order valence-electron chi connectivity index (χ1n) is 7.89. The summed E-state index contributed by atoms with van der Waals surface area (Å²) < 4.78 is 11.9. The fourth-order valence-corrected chi connectivity index (χ4v) is 3.13. The molecule has 0 aliphatic heterocycles. The molecule has 0 saturated carbocycles. The number of rotatable bonds is 8. The molecule has 11 heteroatoms. The van der Waals surface area contributed by atoms with Crippen LogP contribution in [0.4, 0.5) is 10.5 Å². The number of pyridine rings is 1. The quantitative estimate of drug-likeness (QED) is 0.351. The number of halogens is 1. The maximum absolute atomic E-state index is 11.0. The van der Waals surface area contributed by atoms with E-state index in [1.54, 1.807) is 0 Å². The number of aromatic nitrogens is 1. The van der Waals surface area contributed by atoms with Crippen LogP contribution >= 0.6 is 15.9 Å². The molecule has 9 nitrogen and oxygen atoms in total. The van der Waals surface area contributed by atoms with Crippen molar-refractivity contribution in [3.63, 3.8) is 0 Å². The van der Waals surface area contributed by atoms with Crippen LogP contribution in [0, 0.1) is 10.1 Å². The fraction of sp³-hybridized carbons (Fsp3) is 0.600. The zero-order valence-corrected chi connectivity index (χ0v) is 18.0. The Balaban J connectivity index is 2.77. The van der Waals surface area contributed by atoms with Crippen molar-refractivity contribution in [1.29, 1.82) is 0 Å². The summed E-state index contributed by atoms with van der Waals surface area (Å²) in [5, 5.41) is 22.1. The van der Waals surface area contributed by atoms with Gasteiger partial charge < -0.3 is 19.6 Å². The molecule has 1 amide bonds. The van der Waals surface area contributed by atoms with Gasteiger partial charge in [-0.25, -0.2) is 9.78 Å². The highest BCUT2D eigenvalue weighted by Crippen LogP contribution is 2.36. The van der Waals surface area contributed by atoms with Crippen LogP contribution in [0.5, 0.6) is 5.88 Å². The minimum atomic E-state index is -2.05. The molecule has 1 aromatic heterocycles. The first kappa shape index (κ1) is 22.3. The minimum Gasteiger partial charge on any atom is -0.475 e. The van der Waals surface area contributed by atoms with Crippen LogP contribution in [0.3, 0.4) is 0 Å². The lowest BCUT2D eigenvalue weighted by Gasteiger charge is -2.37. The van der Waals surface area contributed by atoms with Crippen LogP contribution in [0.2, 0.25) is 18.1 Å². The number of hydrogen-bond donors (Lipinski definition) is 2. The number of amides is 1. The van der Waals surface area contributed by atoms with Crippen molar-refractivity contribution in [3.8, 4) is 5.88 Å². The van der Waals surface area contributed by atoms with E-state index in [0.29, 0.717) is 4.47 Å². The predicted octanol–water partition coefficient (Wildman–Crippen LogP) is 3.79. The molecule has 0 saturated heterocycles. The number of carboxylic acid groups (broad SMARTS) is 1. The molecule has 0 aliphatic rings. The van der Waals surface area contributed by atoms with Gasteiger partial charge in [-0.3, -0.25) is 10.1 Å². The summed E-state index contributed by atoms with van der Waals surface area (Å²) in [6, 6.07) is 0.666. The average Bonchev–Trinajstić information content (AvgIpc) is 2.49. The van der Waals surface area contributed by atoms with Gasteiger partial charge in [0.1, 0.15) is 12.8 Å². The Bertz CT molecular complexity index is 665. The molecule has 146 valence electrons. The SMILES string of the molecule is CC(C)(C)[Si](C)(C)OC[C@@H](COc1ncc([N+](=O)[O-])cc1Br)NC(=O)O. The van der Waals surface area contributed by atoms with Crippen molar-refractivity contribution in [2.24, 2.45) is 0 Å². The van der Waals surface area contributed by atoms with E-state index in [2.05, 4.69) is 60.1 Å². The Kier molecular flexibility index (Phi) is 7.53. The van der Waals surface area contributed by atoms with Crippen molar-refractivity contribution in [2.75, 3.05) is 13.2 Å². The smallest absolute Gasteiger partial charge is 0.405 e. The maximum Gasteiger partial charge on any atom is 0.405 e. The Hall–Kier alpha value is -1.72. The highest BCUT2D eigenvalue weighted by Gasteiger charge is 2.37. The topological polar surface area (TPSA) is 124 Å². The van der Waals surface area contributed by atoms with Crippen LogP contribution in [0.15, 0.2) is 16.7 Å². The summed E-state index contributed by atoms with van der Waals surface area (Å²) in [4.78, 5) is 25.1. The molecule has 2 N–H and O–H groups in total. The Morgan fingerprint density at radius 2 is 2.08 bits per heavy atom. The molecule has 0 aliphatic carbocycles. The fourth-order valence-electron chi connectivity index (χ4n) is 1.63. The molecule has 26 heavy (non-hydrogen) atoms. The van der Waals surface area contributed by atoms with Crippen molar-refractivity contribution < 1.29 is 24.0 Å². The van der Waals surface area contributed by atoms with Crippen LogP contribution in [0.25, 0.3) is 0 Å². The molecular weight excluding hydrogens is 426 g/mol. The van der Waals surface area contributed by atoms with Gasteiger partial charge in [0, 0.05) is 6.07 Å². The molecule has 0 aromatic carbocycles. The van der Waals surface area contributed by atoms with Gasteiger partial charge in [0.05, 0.1) is 22.0 Å². The lowest BCUT2D eigenvalue weighted by molar-refractivity contribution is -0.385. The molecule has 1 rings (SSSR count). The normalized spacial score (nSPS) is 13.2. The third kappa shape index (κ3) is 6.54. The summed E-state index contributed by atoms with van der Waals surface area (Å²) in [6.45, 7) is 10.5. The largest absolute Gasteiger partial charge is 0.475 e. The van der Waals surface area contributed by atoms with Gasteiger partial charge in [0.2, 0.25) is 5.88 Å². The molecule has 1 atom stereocenters. The molecule has 0 bridgehead atoms.